The standard InChI is InChI=1S/C13H18N2O2/c1-8(2)10-6-7-11(17-9-4-5-9)12(15-10)13(16)14-3/h6-9H,4-5H2,1-3H3,(H,14,16). The van der Waals surface area contributed by atoms with Gasteiger partial charge >= 0.3 is 0 Å². The van der Waals surface area contributed by atoms with Crippen molar-refractivity contribution in [2.24, 2.45) is 0 Å². The zero-order valence-electron chi connectivity index (χ0n) is 10.5. The minimum atomic E-state index is -0.192. The van der Waals surface area contributed by atoms with Gasteiger partial charge in [0.2, 0.25) is 0 Å². The van der Waals surface area contributed by atoms with Crippen molar-refractivity contribution in [3.05, 3.63) is 23.5 Å². The Bertz CT molecular complexity index is 425. The Kier molecular flexibility index (Phi) is 3.31. The van der Waals surface area contributed by atoms with E-state index < -0.39 is 0 Å². The van der Waals surface area contributed by atoms with E-state index in [0.717, 1.165) is 18.5 Å². The van der Waals surface area contributed by atoms with Gasteiger partial charge < -0.3 is 10.1 Å². The summed E-state index contributed by atoms with van der Waals surface area (Å²) in [7, 11) is 1.60. The molecule has 4 heteroatoms. The fourth-order valence-corrected chi connectivity index (χ4v) is 1.52. The van der Waals surface area contributed by atoms with Crippen LogP contribution < -0.4 is 10.1 Å². The van der Waals surface area contributed by atoms with Crippen molar-refractivity contribution in [2.75, 3.05) is 7.05 Å². The van der Waals surface area contributed by atoms with Crippen LogP contribution in [0.2, 0.25) is 0 Å². The fraction of sp³-hybridized carbons (Fsp3) is 0.538. The van der Waals surface area contributed by atoms with Crippen LogP contribution in [-0.4, -0.2) is 24.0 Å². The van der Waals surface area contributed by atoms with Crippen molar-refractivity contribution in [3.8, 4) is 5.75 Å². The van der Waals surface area contributed by atoms with Gasteiger partial charge in [-0.15, -0.1) is 0 Å². The largest absolute Gasteiger partial charge is 0.488 e. The SMILES string of the molecule is CNC(=O)c1nc(C(C)C)ccc1OC1CC1. The lowest BCUT2D eigenvalue weighted by Crippen LogP contribution is -2.21. The Hall–Kier alpha value is -1.58. The lowest BCUT2D eigenvalue weighted by Gasteiger charge is -2.12. The van der Waals surface area contributed by atoms with Crippen molar-refractivity contribution >= 4 is 5.91 Å². The molecule has 0 atom stereocenters. The van der Waals surface area contributed by atoms with Gasteiger partial charge in [-0.1, -0.05) is 13.8 Å². The van der Waals surface area contributed by atoms with Gasteiger partial charge in [0.1, 0.15) is 0 Å². The van der Waals surface area contributed by atoms with E-state index in [0.29, 0.717) is 17.4 Å². The molecule has 2 rings (SSSR count). The fourth-order valence-electron chi connectivity index (χ4n) is 1.52. The highest BCUT2D eigenvalue weighted by molar-refractivity contribution is 5.94. The molecule has 0 spiro atoms. The minimum absolute atomic E-state index is 0.192. The molecule has 92 valence electrons. The highest BCUT2D eigenvalue weighted by Crippen LogP contribution is 2.29. The van der Waals surface area contributed by atoms with Crippen LogP contribution in [0.5, 0.6) is 5.75 Å². The van der Waals surface area contributed by atoms with E-state index in [1.807, 2.05) is 12.1 Å². The van der Waals surface area contributed by atoms with E-state index in [9.17, 15) is 4.79 Å². The second-order valence-electron chi connectivity index (χ2n) is 4.63. The minimum Gasteiger partial charge on any atom is -0.488 e. The first-order chi connectivity index (χ1) is 8.11. The summed E-state index contributed by atoms with van der Waals surface area (Å²) in [6, 6.07) is 3.78. The van der Waals surface area contributed by atoms with Gasteiger partial charge in [-0.3, -0.25) is 4.79 Å². The summed E-state index contributed by atoms with van der Waals surface area (Å²) in [6.07, 6.45) is 2.41. The molecule has 1 aromatic heterocycles. The first-order valence-electron chi connectivity index (χ1n) is 6.01. The zero-order valence-corrected chi connectivity index (χ0v) is 10.5. The van der Waals surface area contributed by atoms with Crippen LogP contribution >= 0.6 is 0 Å². The maximum atomic E-state index is 11.8. The first kappa shape index (κ1) is 11.9. The summed E-state index contributed by atoms with van der Waals surface area (Å²) < 4.78 is 5.69. The average molecular weight is 234 g/mol. The second-order valence-corrected chi connectivity index (χ2v) is 4.63. The number of ether oxygens (including phenoxy) is 1. The Morgan fingerprint density at radius 3 is 2.71 bits per heavy atom. The van der Waals surface area contributed by atoms with E-state index in [2.05, 4.69) is 24.1 Å². The van der Waals surface area contributed by atoms with Gasteiger partial charge in [0.25, 0.3) is 5.91 Å². The number of carbonyl (C=O) groups is 1. The summed E-state index contributed by atoms with van der Waals surface area (Å²) >= 11 is 0. The van der Waals surface area contributed by atoms with E-state index >= 15 is 0 Å². The predicted octanol–water partition coefficient (Wildman–Crippen LogP) is 2.11. The summed E-state index contributed by atoms with van der Waals surface area (Å²) in [5.41, 5.74) is 1.30. The number of rotatable bonds is 4. The smallest absolute Gasteiger partial charge is 0.273 e. The van der Waals surface area contributed by atoms with Crippen molar-refractivity contribution in [3.63, 3.8) is 0 Å². The maximum Gasteiger partial charge on any atom is 0.273 e. The molecule has 1 saturated carbocycles. The summed E-state index contributed by atoms with van der Waals surface area (Å²) in [4.78, 5) is 16.1. The summed E-state index contributed by atoms with van der Waals surface area (Å²) in [6.45, 7) is 4.11. The lowest BCUT2D eigenvalue weighted by molar-refractivity contribution is 0.0953. The van der Waals surface area contributed by atoms with E-state index in [1.165, 1.54) is 0 Å². The predicted molar refractivity (Wildman–Crippen MR) is 65.4 cm³/mol. The normalized spacial score (nSPS) is 14.8. The third-order valence-electron chi connectivity index (χ3n) is 2.73. The highest BCUT2D eigenvalue weighted by Gasteiger charge is 2.26. The molecule has 0 saturated heterocycles. The molecule has 1 amide bonds. The number of pyridine rings is 1. The van der Waals surface area contributed by atoms with Crippen LogP contribution in [0.1, 0.15) is 48.8 Å². The van der Waals surface area contributed by atoms with Gasteiger partial charge in [0, 0.05) is 12.7 Å². The number of nitrogens with zero attached hydrogens (tertiary/aromatic N) is 1. The summed E-state index contributed by atoms with van der Waals surface area (Å²) in [5.74, 6) is 0.702. The monoisotopic (exact) mass is 234 g/mol. The molecule has 1 aliphatic rings. The van der Waals surface area contributed by atoms with Crippen molar-refractivity contribution in [2.45, 2.75) is 38.7 Å². The maximum absolute atomic E-state index is 11.8. The van der Waals surface area contributed by atoms with Crippen molar-refractivity contribution in [1.82, 2.24) is 10.3 Å². The van der Waals surface area contributed by atoms with E-state index in [-0.39, 0.29) is 12.0 Å². The molecular weight excluding hydrogens is 216 g/mol. The van der Waals surface area contributed by atoms with Crippen LogP contribution in [0.25, 0.3) is 0 Å². The Morgan fingerprint density at radius 2 is 2.18 bits per heavy atom. The second kappa shape index (κ2) is 4.73. The lowest BCUT2D eigenvalue weighted by atomic mass is 10.1. The quantitative estimate of drug-likeness (QED) is 0.868. The highest BCUT2D eigenvalue weighted by atomic mass is 16.5. The molecule has 0 bridgehead atoms. The summed E-state index contributed by atoms with van der Waals surface area (Å²) in [5, 5.41) is 2.60. The number of hydrogen-bond acceptors (Lipinski definition) is 3. The van der Waals surface area contributed by atoms with E-state index in [1.54, 1.807) is 7.05 Å². The molecule has 0 unspecified atom stereocenters. The average Bonchev–Trinajstić information content (AvgIpc) is 3.12. The van der Waals surface area contributed by atoms with Crippen molar-refractivity contribution < 1.29 is 9.53 Å². The van der Waals surface area contributed by atoms with Gasteiger partial charge in [-0.2, -0.15) is 0 Å². The number of nitrogens with one attached hydrogen (secondary N) is 1. The third-order valence-corrected chi connectivity index (χ3v) is 2.73. The van der Waals surface area contributed by atoms with Gasteiger partial charge in [-0.05, 0) is 30.9 Å². The molecule has 17 heavy (non-hydrogen) atoms. The molecule has 1 heterocycles. The topological polar surface area (TPSA) is 51.2 Å². The molecule has 1 fully saturated rings. The Labute approximate surface area is 101 Å². The van der Waals surface area contributed by atoms with Crippen LogP contribution in [0.15, 0.2) is 12.1 Å². The van der Waals surface area contributed by atoms with Gasteiger partial charge in [0.15, 0.2) is 11.4 Å². The molecule has 4 nitrogen and oxygen atoms in total. The molecule has 1 aromatic rings. The molecule has 0 aromatic carbocycles. The Morgan fingerprint density at radius 1 is 1.47 bits per heavy atom. The van der Waals surface area contributed by atoms with E-state index in [4.69, 9.17) is 4.74 Å². The van der Waals surface area contributed by atoms with Crippen LogP contribution in [-0.2, 0) is 0 Å². The van der Waals surface area contributed by atoms with Crippen LogP contribution in [0, 0.1) is 0 Å². The first-order valence-corrected chi connectivity index (χ1v) is 6.01. The number of carbonyl (C=O) groups excluding carboxylic acids is 1. The van der Waals surface area contributed by atoms with Gasteiger partial charge in [0.05, 0.1) is 6.10 Å². The van der Waals surface area contributed by atoms with Gasteiger partial charge in [-0.25, -0.2) is 4.98 Å². The number of hydrogen-bond donors (Lipinski definition) is 1. The number of amides is 1. The van der Waals surface area contributed by atoms with Crippen LogP contribution in [0.3, 0.4) is 0 Å². The zero-order chi connectivity index (χ0) is 12.4. The third kappa shape index (κ3) is 2.75. The number of aromatic nitrogens is 1. The van der Waals surface area contributed by atoms with Crippen LogP contribution in [0.4, 0.5) is 0 Å². The molecule has 1 aliphatic carbocycles. The van der Waals surface area contributed by atoms with Crippen molar-refractivity contribution in [1.29, 1.82) is 0 Å². The molecular formula is C13H18N2O2. The molecule has 1 N–H and O–H groups in total. The molecule has 0 aliphatic heterocycles. The Balaban J connectivity index is 2.32. The molecule has 0 radical (unpaired) electrons.